The molecule has 0 radical (unpaired) electrons. The summed E-state index contributed by atoms with van der Waals surface area (Å²) in [5.41, 5.74) is 0.905. The van der Waals surface area contributed by atoms with Crippen LogP contribution in [0.4, 0.5) is 0 Å². The molecule has 0 aliphatic rings. The molecule has 2 aromatic carbocycles. The minimum absolute atomic E-state index is 0. The van der Waals surface area contributed by atoms with Gasteiger partial charge in [-0.3, -0.25) is 0 Å². The number of halogens is 1. The Balaban J connectivity index is 0.00000306. The predicted octanol–water partition coefficient (Wildman–Crippen LogP) is 0.275. The molecule has 0 spiro atoms. The Bertz CT molecular complexity index is 1060. The zero-order valence-electron chi connectivity index (χ0n) is 19.7. The molecule has 1 heterocycles. The number of aromatic nitrogens is 1. The van der Waals surface area contributed by atoms with Crippen LogP contribution in [0.25, 0.3) is 0 Å². The van der Waals surface area contributed by atoms with E-state index in [1.165, 1.54) is 18.3 Å². The number of aliphatic hydroxyl groups is 2. The van der Waals surface area contributed by atoms with Crippen molar-refractivity contribution in [1.82, 2.24) is 10.3 Å². The summed E-state index contributed by atoms with van der Waals surface area (Å²) >= 11 is 5.91. The van der Waals surface area contributed by atoms with Crippen molar-refractivity contribution in [3.05, 3.63) is 83.0 Å². The van der Waals surface area contributed by atoms with E-state index in [0.29, 0.717) is 22.9 Å². The number of hydrogen-bond donors (Lipinski definition) is 4. The molecule has 0 unspecified atom stereocenters. The first kappa shape index (κ1) is 28.1. The van der Waals surface area contributed by atoms with Crippen molar-refractivity contribution in [2.45, 2.75) is 18.6 Å². The third-order valence-electron chi connectivity index (χ3n) is 4.72. The maximum atomic E-state index is 11.3. The van der Waals surface area contributed by atoms with Crippen LogP contribution in [-0.2, 0) is 6.42 Å². The minimum Gasteiger partial charge on any atom is -1.00 e. The first-order valence-electron chi connectivity index (χ1n) is 10.3. The standard InChI is InChI=1S/C24H25ClN2O6.Na.H/c25-17-3-1-4-21(12-17)32-15-19(29)13-27-18(14-28)11-16-6-8-20(9-7-16)33-23-22(24(30)31)5-2-10-26-23;;/h1-10,12,18-19,27-29H,11,13-15H2,(H,30,31);;/q;+1;-1/t18-,19-;;/m0../s1. The molecule has 2 atom stereocenters. The fourth-order valence-electron chi connectivity index (χ4n) is 3.04. The van der Waals surface area contributed by atoms with Gasteiger partial charge in [0.25, 0.3) is 0 Å². The molecular weight excluding hydrogens is 471 g/mol. The van der Waals surface area contributed by atoms with E-state index in [4.69, 9.17) is 21.1 Å². The van der Waals surface area contributed by atoms with Crippen LogP contribution in [-0.4, -0.2) is 58.2 Å². The van der Waals surface area contributed by atoms with Crippen molar-refractivity contribution in [2.75, 3.05) is 19.8 Å². The van der Waals surface area contributed by atoms with E-state index >= 15 is 0 Å². The number of carboxylic acids is 1. The molecule has 10 heteroatoms. The predicted molar refractivity (Wildman–Crippen MR) is 124 cm³/mol. The van der Waals surface area contributed by atoms with Crippen molar-refractivity contribution in [3.8, 4) is 17.4 Å². The number of aromatic carboxylic acids is 1. The minimum atomic E-state index is -1.12. The molecule has 176 valence electrons. The van der Waals surface area contributed by atoms with E-state index in [2.05, 4.69) is 10.3 Å². The topological polar surface area (TPSA) is 121 Å². The van der Waals surface area contributed by atoms with Gasteiger partial charge in [-0.05, 0) is 54.4 Å². The summed E-state index contributed by atoms with van der Waals surface area (Å²) in [5, 5.41) is 32.8. The van der Waals surface area contributed by atoms with E-state index in [-0.39, 0.29) is 68.2 Å². The molecule has 34 heavy (non-hydrogen) atoms. The van der Waals surface area contributed by atoms with E-state index < -0.39 is 12.1 Å². The van der Waals surface area contributed by atoms with E-state index in [9.17, 15) is 20.1 Å². The number of rotatable bonds is 12. The number of nitrogens with zero attached hydrogens (tertiary/aromatic N) is 1. The zero-order valence-corrected chi connectivity index (χ0v) is 21.5. The Kier molecular flexibility index (Phi) is 11.8. The maximum absolute atomic E-state index is 11.3. The van der Waals surface area contributed by atoms with Gasteiger partial charge >= 0.3 is 35.5 Å². The van der Waals surface area contributed by atoms with Crippen LogP contribution in [0.5, 0.6) is 17.4 Å². The van der Waals surface area contributed by atoms with Gasteiger partial charge in [0.05, 0.1) is 6.61 Å². The van der Waals surface area contributed by atoms with Crippen molar-refractivity contribution in [2.24, 2.45) is 0 Å². The van der Waals surface area contributed by atoms with Gasteiger partial charge in [0, 0.05) is 23.8 Å². The summed E-state index contributed by atoms with van der Waals surface area (Å²) in [6.45, 7) is 0.212. The number of pyridine rings is 1. The van der Waals surface area contributed by atoms with Crippen molar-refractivity contribution in [1.29, 1.82) is 0 Å². The van der Waals surface area contributed by atoms with Crippen LogP contribution in [0.3, 0.4) is 0 Å². The second-order valence-electron chi connectivity index (χ2n) is 7.32. The number of nitrogens with one attached hydrogen (secondary N) is 1. The van der Waals surface area contributed by atoms with Gasteiger partial charge in [-0.1, -0.05) is 29.8 Å². The summed E-state index contributed by atoms with van der Waals surface area (Å²) in [6.07, 6.45) is 1.21. The molecule has 3 rings (SSSR count). The number of hydrogen-bond acceptors (Lipinski definition) is 7. The summed E-state index contributed by atoms with van der Waals surface area (Å²) in [6, 6.07) is 16.7. The average molecular weight is 497 g/mol. The molecule has 1 aromatic heterocycles. The summed E-state index contributed by atoms with van der Waals surface area (Å²) in [5.74, 6) is -0.0841. The monoisotopic (exact) mass is 496 g/mol. The Labute approximate surface area is 226 Å². The third-order valence-corrected chi connectivity index (χ3v) is 4.96. The Morgan fingerprint density at radius 3 is 2.56 bits per heavy atom. The van der Waals surface area contributed by atoms with Gasteiger partial charge in [-0.25, -0.2) is 9.78 Å². The first-order valence-corrected chi connectivity index (χ1v) is 10.7. The smallest absolute Gasteiger partial charge is 1.00 e. The largest absolute Gasteiger partial charge is 1.00 e. The SMILES string of the molecule is O=C(O)c1cccnc1Oc1ccc(C[C@@H](CO)NC[C@H](O)COc2cccc(Cl)c2)cc1.[H-].[Na+]. The number of ether oxygens (including phenoxy) is 2. The zero-order chi connectivity index (χ0) is 23.6. The molecule has 4 N–H and O–H groups in total. The Hall–Kier alpha value is -2.17. The average Bonchev–Trinajstić information content (AvgIpc) is 2.81. The second-order valence-corrected chi connectivity index (χ2v) is 7.76. The molecule has 0 bridgehead atoms. The number of aliphatic hydroxyl groups excluding tert-OH is 2. The Morgan fingerprint density at radius 1 is 1.12 bits per heavy atom. The summed E-state index contributed by atoms with van der Waals surface area (Å²) in [4.78, 5) is 15.2. The molecular formula is C24H26ClN2NaO6. The third kappa shape index (κ3) is 8.88. The molecule has 8 nitrogen and oxygen atoms in total. The number of carbonyl (C=O) groups is 1. The Morgan fingerprint density at radius 2 is 1.88 bits per heavy atom. The van der Waals surface area contributed by atoms with Crippen LogP contribution in [0.1, 0.15) is 17.3 Å². The van der Waals surface area contributed by atoms with Crippen LogP contribution in [0, 0.1) is 0 Å². The second kappa shape index (κ2) is 14.3. The van der Waals surface area contributed by atoms with Crippen molar-refractivity contribution >= 4 is 17.6 Å². The van der Waals surface area contributed by atoms with Crippen LogP contribution in [0.2, 0.25) is 5.02 Å². The molecule has 3 aromatic rings. The van der Waals surface area contributed by atoms with E-state index in [1.807, 2.05) is 12.1 Å². The van der Waals surface area contributed by atoms with Gasteiger partial charge in [0.1, 0.15) is 29.8 Å². The van der Waals surface area contributed by atoms with E-state index in [1.54, 1.807) is 36.4 Å². The number of carboxylic acid groups (broad SMARTS) is 1. The van der Waals surface area contributed by atoms with Crippen molar-refractivity contribution < 1.29 is 60.6 Å². The quantitative estimate of drug-likeness (QED) is 0.264. The maximum Gasteiger partial charge on any atom is 1.00 e. The van der Waals surface area contributed by atoms with Crippen LogP contribution >= 0.6 is 11.6 Å². The first-order chi connectivity index (χ1) is 15.9. The molecule has 0 saturated carbocycles. The fourth-order valence-corrected chi connectivity index (χ4v) is 3.22. The molecule has 0 fully saturated rings. The van der Waals surface area contributed by atoms with Gasteiger partial charge in [-0.15, -0.1) is 0 Å². The van der Waals surface area contributed by atoms with Crippen LogP contribution in [0.15, 0.2) is 66.9 Å². The van der Waals surface area contributed by atoms with Crippen molar-refractivity contribution in [3.63, 3.8) is 0 Å². The molecule has 0 aliphatic carbocycles. The molecule has 0 amide bonds. The summed E-state index contributed by atoms with van der Waals surface area (Å²) in [7, 11) is 0. The van der Waals surface area contributed by atoms with E-state index in [0.717, 1.165) is 5.56 Å². The molecule has 0 saturated heterocycles. The molecule has 0 aliphatic heterocycles. The normalized spacial score (nSPS) is 12.3. The van der Waals surface area contributed by atoms with Gasteiger partial charge in [0.15, 0.2) is 0 Å². The fraction of sp³-hybridized carbons (Fsp3) is 0.250. The summed E-state index contributed by atoms with van der Waals surface area (Å²) < 4.78 is 11.1. The van der Waals surface area contributed by atoms with Gasteiger partial charge in [-0.2, -0.15) is 0 Å². The number of benzene rings is 2. The van der Waals surface area contributed by atoms with Gasteiger partial charge < -0.3 is 31.5 Å². The van der Waals surface area contributed by atoms with Gasteiger partial charge in [0.2, 0.25) is 5.88 Å². The van der Waals surface area contributed by atoms with Crippen LogP contribution < -0.4 is 44.3 Å².